The van der Waals surface area contributed by atoms with Crippen LogP contribution in [0, 0.1) is 0 Å². The van der Waals surface area contributed by atoms with Crippen LogP contribution in [-0.4, -0.2) is 50.7 Å². The second kappa shape index (κ2) is 11.5. The van der Waals surface area contributed by atoms with Crippen molar-refractivity contribution in [3.63, 3.8) is 0 Å². The molecule has 28 heavy (non-hydrogen) atoms. The number of rotatable bonds is 6. The van der Waals surface area contributed by atoms with Crippen molar-refractivity contribution in [3.05, 3.63) is 41.4 Å². The normalized spacial score (nSPS) is 15.1. The molecule has 2 heterocycles. The van der Waals surface area contributed by atoms with E-state index in [2.05, 4.69) is 63.2 Å². The third-order valence-electron chi connectivity index (χ3n) is 4.62. The van der Waals surface area contributed by atoms with Crippen LogP contribution in [-0.2, 0) is 6.54 Å². The van der Waals surface area contributed by atoms with Gasteiger partial charge in [0.1, 0.15) is 0 Å². The van der Waals surface area contributed by atoms with Crippen LogP contribution < -0.4 is 20.4 Å². The summed E-state index contributed by atoms with van der Waals surface area (Å²) in [6.07, 6.45) is 2.22. The van der Waals surface area contributed by atoms with Gasteiger partial charge in [-0.1, -0.05) is 18.2 Å². The highest BCUT2D eigenvalue weighted by Crippen LogP contribution is 2.20. The minimum atomic E-state index is 0. The van der Waals surface area contributed by atoms with Crippen molar-refractivity contribution in [1.29, 1.82) is 0 Å². The fourth-order valence-electron chi connectivity index (χ4n) is 3.17. The smallest absolute Gasteiger partial charge is 0.191 e. The highest BCUT2D eigenvalue weighted by Gasteiger charge is 2.20. The Kier molecular flexibility index (Phi) is 9.30. The summed E-state index contributed by atoms with van der Waals surface area (Å²) >= 11 is 1.66. The van der Waals surface area contributed by atoms with Crippen molar-refractivity contribution < 1.29 is 0 Å². The molecule has 3 rings (SSSR count). The van der Waals surface area contributed by atoms with E-state index in [1.165, 1.54) is 5.69 Å². The standard InChI is InChI=1S/C20H30N6S.HI/c1-4-21-19(22-14-17-15-27-20(24-17)25(2)3)23-16-10-12-26(13-11-16)18-8-6-5-7-9-18;/h5-9,15-16H,4,10-14H2,1-3H3,(H2,21,22,23);1H. The van der Waals surface area contributed by atoms with E-state index in [1.807, 2.05) is 19.0 Å². The number of thiazole rings is 1. The molecule has 2 N–H and O–H groups in total. The lowest BCUT2D eigenvalue weighted by molar-refractivity contribution is 0.461. The first-order chi connectivity index (χ1) is 13.2. The van der Waals surface area contributed by atoms with Crippen molar-refractivity contribution in [2.45, 2.75) is 32.4 Å². The van der Waals surface area contributed by atoms with Crippen LogP contribution in [0.2, 0.25) is 0 Å². The van der Waals surface area contributed by atoms with Gasteiger partial charge in [0, 0.05) is 50.8 Å². The van der Waals surface area contributed by atoms with E-state index in [4.69, 9.17) is 4.99 Å². The zero-order valence-corrected chi connectivity index (χ0v) is 20.0. The summed E-state index contributed by atoms with van der Waals surface area (Å²) in [5.41, 5.74) is 2.33. The molecule has 154 valence electrons. The molecule has 1 aliphatic heterocycles. The number of para-hydroxylation sites is 1. The first kappa shape index (κ1) is 22.7. The van der Waals surface area contributed by atoms with E-state index in [1.54, 1.807) is 11.3 Å². The Hall–Kier alpha value is -1.55. The van der Waals surface area contributed by atoms with Crippen LogP contribution in [0.15, 0.2) is 40.7 Å². The van der Waals surface area contributed by atoms with Crippen molar-refractivity contribution in [2.24, 2.45) is 4.99 Å². The fraction of sp³-hybridized carbons (Fsp3) is 0.500. The summed E-state index contributed by atoms with van der Waals surface area (Å²) in [6.45, 7) is 5.69. The number of guanidine groups is 1. The van der Waals surface area contributed by atoms with Crippen LogP contribution in [0.1, 0.15) is 25.5 Å². The number of piperidine rings is 1. The minimum Gasteiger partial charge on any atom is -0.371 e. The van der Waals surface area contributed by atoms with Gasteiger partial charge in [0.15, 0.2) is 11.1 Å². The van der Waals surface area contributed by atoms with Gasteiger partial charge in [0.2, 0.25) is 0 Å². The Morgan fingerprint density at radius 1 is 1.25 bits per heavy atom. The molecule has 0 aliphatic carbocycles. The first-order valence-electron chi connectivity index (χ1n) is 9.62. The van der Waals surface area contributed by atoms with E-state index in [-0.39, 0.29) is 24.0 Å². The molecule has 0 spiro atoms. The lowest BCUT2D eigenvalue weighted by Crippen LogP contribution is -2.48. The Morgan fingerprint density at radius 3 is 2.57 bits per heavy atom. The predicted octanol–water partition coefficient (Wildman–Crippen LogP) is 3.55. The molecule has 0 unspecified atom stereocenters. The summed E-state index contributed by atoms with van der Waals surface area (Å²) < 4.78 is 0. The van der Waals surface area contributed by atoms with Gasteiger partial charge in [0.25, 0.3) is 0 Å². The maximum Gasteiger partial charge on any atom is 0.191 e. The van der Waals surface area contributed by atoms with E-state index in [0.717, 1.165) is 49.3 Å². The Bertz CT molecular complexity index is 725. The van der Waals surface area contributed by atoms with Crippen molar-refractivity contribution in [3.8, 4) is 0 Å². The molecule has 1 aliphatic rings. The van der Waals surface area contributed by atoms with Gasteiger partial charge in [0.05, 0.1) is 12.2 Å². The average molecular weight is 514 g/mol. The second-order valence-electron chi connectivity index (χ2n) is 6.95. The summed E-state index contributed by atoms with van der Waals surface area (Å²) in [5, 5.41) is 10.1. The van der Waals surface area contributed by atoms with Crippen molar-refractivity contribution in [2.75, 3.05) is 43.5 Å². The fourth-order valence-corrected chi connectivity index (χ4v) is 3.92. The molecule has 1 fully saturated rings. The predicted molar refractivity (Wildman–Crippen MR) is 131 cm³/mol. The quantitative estimate of drug-likeness (QED) is 0.351. The first-order valence-corrected chi connectivity index (χ1v) is 10.5. The summed E-state index contributed by atoms with van der Waals surface area (Å²) in [5.74, 6) is 0.884. The van der Waals surface area contributed by atoms with Gasteiger partial charge in [-0.3, -0.25) is 0 Å². The number of nitrogens with one attached hydrogen (secondary N) is 2. The Morgan fingerprint density at radius 2 is 1.96 bits per heavy atom. The summed E-state index contributed by atoms with van der Waals surface area (Å²) in [6, 6.07) is 11.1. The van der Waals surface area contributed by atoms with Gasteiger partial charge in [-0.15, -0.1) is 35.3 Å². The summed E-state index contributed by atoms with van der Waals surface area (Å²) in [7, 11) is 4.03. The molecule has 8 heteroatoms. The van der Waals surface area contributed by atoms with Crippen LogP contribution in [0.25, 0.3) is 0 Å². The molecule has 1 saturated heterocycles. The number of aromatic nitrogens is 1. The minimum absolute atomic E-state index is 0. The maximum atomic E-state index is 4.73. The number of aliphatic imine (C=N–C) groups is 1. The Labute approximate surface area is 189 Å². The lowest BCUT2D eigenvalue weighted by Gasteiger charge is -2.34. The average Bonchev–Trinajstić information content (AvgIpc) is 3.17. The SMILES string of the molecule is CCNC(=NCc1csc(N(C)C)n1)NC1CCN(c2ccccc2)CC1.I. The molecule has 6 nitrogen and oxygen atoms in total. The van der Waals surface area contributed by atoms with E-state index < -0.39 is 0 Å². The molecule has 0 radical (unpaired) electrons. The van der Waals surface area contributed by atoms with Gasteiger partial charge in [-0.05, 0) is 31.9 Å². The molecule has 0 bridgehead atoms. The monoisotopic (exact) mass is 514 g/mol. The third-order valence-corrected chi connectivity index (χ3v) is 5.68. The zero-order valence-electron chi connectivity index (χ0n) is 16.9. The number of halogens is 1. The van der Waals surface area contributed by atoms with E-state index in [0.29, 0.717) is 12.6 Å². The number of benzene rings is 1. The number of anilines is 2. The van der Waals surface area contributed by atoms with Crippen LogP contribution >= 0.6 is 35.3 Å². The molecule has 0 amide bonds. The lowest BCUT2D eigenvalue weighted by atomic mass is 10.0. The molecule has 1 aromatic carbocycles. The van der Waals surface area contributed by atoms with Crippen molar-refractivity contribution in [1.82, 2.24) is 15.6 Å². The largest absolute Gasteiger partial charge is 0.371 e. The molecule has 1 aromatic heterocycles. The highest BCUT2D eigenvalue weighted by atomic mass is 127. The van der Waals surface area contributed by atoms with E-state index >= 15 is 0 Å². The van der Waals surface area contributed by atoms with E-state index in [9.17, 15) is 0 Å². The van der Waals surface area contributed by atoms with Gasteiger partial charge in [-0.25, -0.2) is 9.98 Å². The zero-order chi connectivity index (χ0) is 19.1. The van der Waals surface area contributed by atoms with Crippen LogP contribution in [0.3, 0.4) is 0 Å². The summed E-state index contributed by atoms with van der Waals surface area (Å²) in [4.78, 5) is 13.8. The number of nitrogens with zero attached hydrogens (tertiary/aromatic N) is 4. The maximum absolute atomic E-state index is 4.73. The molecular weight excluding hydrogens is 483 g/mol. The second-order valence-corrected chi connectivity index (χ2v) is 7.79. The molecule has 0 saturated carbocycles. The number of hydrogen-bond donors (Lipinski definition) is 2. The third kappa shape index (κ3) is 6.51. The van der Waals surface area contributed by atoms with Gasteiger partial charge < -0.3 is 20.4 Å². The van der Waals surface area contributed by atoms with Crippen LogP contribution in [0.4, 0.5) is 10.8 Å². The van der Waals surface area contributed by atoms with Crippen LogP contribution in [0.5, 0.6) is 0 Å². The number of hydrogen-bond acceptors (Lipinski definition) is 5. The molecule has 2 aromatic rings. The van der Waals surface area contributed by atoms with Crippen molar-refractivity contribution >= 4 is 52.1 Å². The molecule has 0 atom stereocenters. The molecular formula is C20H31IN6S. The Balaban J connectivity index is 0.00000280. The topological polar surface area (TPSA) is 55.8 Å². The van der Waals surface area contributed by atoms with Gasteiger partial charge >= 0.3 is 0 Å². The highest BCUT2D eigenvalue weighted by molar-refractivity contribution is 14.0. The van der Waals surface area contributed by atoms with Gasteiger partial charge in [-0.2, -0.15) is 0 Å².